The van der Waals surface area contributed by atoms with E-state index in [-0.39, 0.29) is 0 Å². The van der Waals surface area contributed by atoms with Crippen molar-refractivity contribution < 1.29 is 4.42 Å². The monoisotopic (exact) mass is 830 g/mol. The van der Waals surface area contributed by atoms with Crippen LogP contribution in [0.15, 0.2) is 259 Å². The third-order valence-electron chi connectivity index (χ3n) is 12.6. The number of anilines is 6. The average Bonchev–Trinajstić information content (AvgIpc) is 3.74. The summed E-state index contributed by atoms with van der Waals surface area (Å²) in [7, 11) is 0. The van der Waals surface area contributed by atoms with Crippen LogP contribution in [0.5, 0.6) is 0 Å². The highest BCUT2D eigenvalue weighted by Gasteiger charge is 2.25. The van der Waals surface area contributed by atoms with Crippen LogP contribution in [-0.4, -0.2) is 0 Å². The molecular weight excluding hydrogens is 789 g/mol. The van der Waals surface area contributed by atoms with Crippen LogP contribution >= 0.6 is 0 Å². The largest absolute Gasteiger partial charge is 0.456 e. The zero-order valence-corrected chi connectivity index (χ0v) is 35.6. The Kier molecular flexibility index (Phi) is 9.50. The van der Waals surface area contributed by atoms with E-state index in [2.05, 4.69) is 265 Å². The van der Waals surface area contributed by atoms with Gasteiger partial charge < -0.3 is 14.2 Å². The topological polar surface area (TPSA) is 19.6 Å². The summed E-state index contributed by atoms with van der Waals surface area (Å²) in [5, 5.41) is 6.84. The highest BCUT2D eigenvalue weighted by Crippen LogP contribution is 2.49. The Labute approximate surface area is 378 Å². The Morgan fingerprint density at radius 1 is 0.262 bits per heavy atom. The van der Waals surface area contributed by atoms with Crippen LogP contribution in [0.1, 0.15) is 0 Å². The molecule has 1 heterocycles. The summed E-state index contributed by atoms with van der Waals surface area (Å²) in [6.07, 6.45) is 0. The second-order valence-electron chi connectivity index (χ2n) is 16.5. The van der Waals surface area contributed by atoms with Crippen LogP contribution in [-0.2, 0) is 0 Å². The zero-order valence-electron chi connectivity index (χ0n) is 35.6. The van der Waals surface area contributed by atoms with E-state index >= 15 is 0 Å². The third-order valence-corrected chi connectivity index (χ3v) is 12.6. The van der Waals surface area contributed by atoms with Gasteiger partial charge in [-0.15, -0.1) is 0 Å². The lowest BCUT2D eigenvalue weighted by atomic mass is 9.90. The maximum Gasteiger partial charge on any atom is 0.139 e. The van der Waals surface area contributed by atoms with Crippen LogP contribution < -0.4 is 9.80 Å². The molecule has 0 spiro atoms. The van der Waals surface area contributed by atoms with Crippen LogP contribution in [0.4, 0.5) is 34.1 Å². The smallest absolute Gasteiger partial charge is 0.139 e. The summed E-state index contributed by atoms with van der Waals surface area (Å²) in [5.74, 6) is 0. The quantitative estimate of drug-likeness (QED) is 0.144. The Hall–Kier alpha value is -8.66. The van der Waals surface area contributed by atoms with Crippen LogP contribution in [0, 0.1) is 0 Å². The number of para-hydroxylation sites is 2. The minimum Gasteiger partial charge on any atom is -0.456 e. The van der Waals surface area contributed by atoms with Gasteiger partial charge in [0.2, 0.25) is 0 Å². The van der Waals surface area contributed by atoms with Crippen LogP contribution in [0.3, 0.4) is 0 Å². The number of hydrogen-bond donors (Lipinski definition) is 0. The molecule has 0 N–H and O–H groups in total. The molecule has 0 saturated heterocycles. The number of benzene rings is 11. The second-order valence-corrected chi connectivity index (χ2v) is 16.5. The van der Waals surface area contributed by atoms with E-state index in [0.717, 1.165) is 78.1 Å². The number of furan rings is 1. The van der Waals surface area contributed by atoms with Gasteiger partial charge in [-0.25, -0.2) is 0 Å². The molecule has 0 atom stereocenters. The molecule has 0 saturated carbocycles. The van der Waals surface area contributed by atoms with Gasteiger partial charge in [0.25, 0.3) is 0 Å². The fourth-order valence-electron chi connectivity index (χ4n) is 9.57. The summed E-state index contributed by atoms with van der Waals surface area (Å²) in [6, 6.07) is 91.4. The van der Waals surface area contributed by atoms with Crippen molar-refractivity contribution in [1.29, 1.82) is 0 Å². The first-order valence-electron chi connectivity index (χ1n) is 22.2. The lowest BCUT2D eigenvalue weighted by Crippen LogP contribution is -2.14. The molecule has 65 heavy (non-hydrogen) atoms. The van der Waals surface area contributed by atoms with E-state index in [1.807, 2.05) is 0 Å². The van der Waals surface area contributed by atoms with Gasteiger partial charge in [-0.2, -0.15) is 0 Å². The average molecular weight is 831 g/mol. The molecule has 1 aromatic heterocycles. The van der Waals surface area contributed by atoms with Crippen molar-refractivity contribution in [2.45, 2.75) is 0 Å². The maximum atomic E-state index is 7.04. The van der Waals surface area contributed by atoms with Gasteiger partial charge in [0.1, 0.15) is 11.2 Å². The highest BCUT2D eigenvalue weighted by molar-refractivity contribution is 6.17. The van der Waals surface area contributed by atoms with Crippen molar-refractivity contribution in [3.8, 4) is 33.4 Å². The van der Waals surface area contributed by atoms with E-state index < -0.39 is 0 Å². The lowest BCUT2D eigenvalue weighted by Gasteiger charge is -2.30. The number of fused-ring (bicyclic) bond motifs is 5. The molecular formula is C62H42N2O. The molecule has 0 aliphatic heterocycles. The molecule has 3 heteroatoms. The van der Waals surface area contributed by atoms with Crippen molar-refractivity contribution >= 4 is 77.6 Å². The molecule has 0 unspecified atom stereocenters. The number of nitrogens with zero attached hydrogens (tertiary/aromatic N) is 2. The van der Waals surface area contributed by atoms with Crippen molar-refractivity contribution in [3.05, 3.63) is 255 Å². The lowest BCUT2D eigenvalue weighted by molar-refractivity contribution is 0.669. The van der Waals surface area contributed by atoms with Gasteiger partial charge in [0.15, 0.2) is 0 Å². The summed E-state index contributed by atoms with van der Waals surface area (Å²) in [4.78, 5) is 4.77. The molecule has 12 aromatic rings. The molecule has 11 aromatic carbocycles. The second kappa shape index (κ2) is 16.2. The summed E-state index contributed by atoms with van der Waals surface area (Å²) >= 11 is 0. The Morgan fingerprint density at radius 2 is 0.815 bits per heavy atom. The molecule has 0 bridgehead atoms. The Morgan fingerprint density at radius 3 is 1.55 bits per heavy atom. The first-order valence-corrected chi connectivity index (χ1v) is 22.2. The first-order chi connectivity index (χ1) is 32.2. The Bertz CT molecular complexity index is 3650. The van der Waals surface area contributed by atoms with E-state index in [1.165, 1.54) is 32.8 Å². The van der Waals surface area contributed by atoms with Crippen LogP contribution in [0.2, 0.25) is 0 Å². The van der Waals surface area contributed by atoms with Crippen LogP contribution in [0.25, 0.3) is 76.9 Å². The molecule has 306 valence electrons. The first kappa shape index (κ1) is 38.0. The standard InChI is InChI=1S/C62H42N2O/c1-5-19-43(20-6-1)46-27-17-32-51(37-46)64(50-30-11-4-12-31-50)59-41-53(42-61-62(59)58-38-47-24-13-14-25-48(47)39-60(58)65-61)63(49-28-9-3-10-29-49)52-35-36-55(44-21-7-2-8-22-44)57(40-52)56-34-18-26-45-23-15-16-33-54(45)56/h1-42H. The fourth-order valence-corrected chi connectivity index (χ4v) is 9.57. The molecule has 0 amide bonds. The molecule has 3 nitrogen and oxygen atoms in total. The number of rotatable bonds is 9. The molecule has 0 fully saturated rings. The summed E-state index contributed by atoms with van der Waals surface area (Å²) in [5.41, 5.74) is 14.8. The fraction of sp³-hybridized carbons (Fsp3) is 0. The van der Waals surface area contributed by atoms with Gasteiger partial charge in [0.05, 0.1) is 16.8 Å². The third kappa shape index (κ3) is 6.97. The van der Waals surface area contributed by atoms with Gasteiger partial charge in [-0.05, 0) is 122 Å². The Balaban J connectivity index is 1.15. The predicted molar refractivity (Wildman–Crippen MR) is 274 cm³/mol. The summed E-state index contributed by atoms with van der Waals surface area (Å²) < 4.78 is 7.04. The van der Waals surface area contributed by atoms with E-state index in [4.69, 9.17) is 4.42 Å². The molecule has 0 aliphatic carbocycles. The molecule has 12 rings (SSSR count). The normalized spacial score (nSPS) is 11.4. The van der Waals surface area contributed by atoms with Crippen molar-refractivity contribution in [3.63, 3.8) is 0 Å². The van der Waals surface area contributed by atoms with Crippen molar-refractivity contribution in [1.82, 2.24) is 0 Å². The van der Waals surface area contributed by atoms with Crippen molar-refractivity contribution in [2.24, 2.45) is 0 Å². The maximum absolute atomic E-state index is 7.04. The SMILES string of the molecule is c1ccc(-c2cccc(N(c3ccccc3)c3cc(N(c4ccccc4)c4ccc(-c5ccccc5)c(-c5cccc6ccccc56)c4)cc4oc5cc6ccccc6cc5c34)c2)cc1. The van der Waals surface area contributed by atoms with E-state index in [1.54, 1.807) is 0 Å². The van der Waals surface area contributed by atoms with Crippen molar-refractivity contribution in [2.75, 3.05) is 9.80 Å². The van der Waals surface area contributed by atoms with Gasteiger partial charge in [0, 0.05) is 34.2 Å². The van der Waals surface area contributed by atoms with E-state index in [9.17, 15) is 0 Å². The number of hydrogen-bond acceptors (Lipinski definition) is 3. The minimum atomic E-state index is 0.805. The summed E-state index contributed by atoms with van der Waals surface area (Å²) in [6.45, 7) is 0. The molecule has 0 radical (unpaired) electrons. The minimum absolute atomic E-state index is 0.805. The van der Waals surface area contributed by atoms with Gasteiger partial charge in [-0.3, -0.25) is 0 Å². The predicted octanol–water partition coefficient (Wildman–Crippen LogP) is 17.8. The van der Waals surface area contributed by atoms with E-state index in [0.29, 0.717) is 0 Å². The molecule has 0 aliphatic rings. The highest BCUT2D eigenvalue weighted by atomic mass is 16.3. The van der Waals surface area contributed by atoms with Gasteiger partial charge >= 0.3 is 0 Å². The van der Waals surface area contributed by atoms with Gasteiger partial charge in [-0.1, -0.05) is 182 Å². The zero-order chi connectivity index (χ0) is 43.1.